The van der Waals surface area contributed by atoms with Gasteiger partial charge in [0.2, 0.25) is 0 Å². The zero-order chi connectivity index (χ0) is 22.6. The molecule has 0 aliphatic heterocycles. The number of carbonyl (C=O) groups is 1. The molecule has 1 unspecified atom stereocenters. The lowest BCUT2D eigenvalue weighted by atomic mass is 10.0. The van der Waals surface area contributed by atoms with Crippen LogP contribution in [0.2, 0.25) is 0 Å². The van der Waals surface area contributed by atoms with Gasteiger partial charge >= 0.3 is 5.97 Å². The summed E-state index contributed by atoms with van der Waals surface area (Å²) in [5, 5.41) is 0. The second kappa shape index (κ2) is 12.7. The molecule has 0 radical (unpaired) electrons. The van der Waals surface area contributed by atoms with Crippen LogP contribution in [0.15, 0.2) is 78.9 Å². The Kier molecular flexibility index (Phi) is 9.37. The van der Waals surface area contributed by atoms with Crippen molar-refractivity contribution in [3.63, 3.8) is 0 Å². The first kappa shape index (κ1) is 23.6. The highest BCUT2D eigenvalue weighted by Gasteiger charge is 2.13. The van der Waals surface area contributed by atoms with Crippen LogP contribution >= 0.6 is 0 Å². The van der Waals surface area contributed by atoms with Crippen LogP contribution in [0.4, 0.5) is 0 Å². The maximum Gasteiger partial charge on any atom is 0.338 e. The van der Waals surface area contributed by atoms with Crippen LogP contribution in [0.3, 0.4) is 0 Å². The average Bonchev–Trinajstić information content (AvgIpc) is 2.84. The van der Waals surface area contributed by atoms with E-state index in [1.54, 1.807) is 0 Å². The number of rotatable bonds is 12. The Morgan fingerprint density at radius 1 is 0.750 bits per heavy atom. The summed E-state index contributed by atoms with van der Waals surface area (Å²) in [5.41, 5.74) is 3.68. The summed E-state index contributed by atoms with van der Waals surface area (Å²) in [5.74, 6) is 0.587. The lowest BCUT2D eigenvalue weighted by molar-refractivity contribution is 0.0338. The second-order valence-corrected chi connectivity index (χ2v) is 8.18. The van der Waals surface area contributed by atoms with Crippen molar-refractivity contribution >= 4 is 5.97 Å². The van der Waals surface area contributed by atoms with Gasteiger partial charge in [0.25, 0.3) is 0 Å². The SMILES string of the molecule is CCCCCCCCOc1ccc(-c2ccc(C(=O)OC(C)c3ccccc3)cc2)cc1. The van der Waals surface area contributed by atoms with Gasteiger partial charge in [0, 0.05) is 0 Å². The molecule has 3 aromatic rings. The van der Waals surface area contributed by atoms with Gasteiger partial charge in [-0.05, 0) is 54.3 Å². The van der Waals surface area contributed by atoms with E-state index in [2.05, 4.69) is 19.1 Å². The molecule has 0 aliphatic rings. The summed E-state index contributed by atoms with van der Waals surface area (Å²) in [7, 11) is 0. The lowest BCUT2D eigenvalue weighted by Gasteiger charge is -2.13. The number of benzene rings is 3. The zero-order valence-electron chi connectivity index (χ0n) is 19.3. The summed E-state index contributed by atoms with van der Waals surface area (Å²) in [6, 6.07) is 25.4. The van der Waals surface area contributed by atoms with E-state index in [9.17, 15) is 4.79 Å². The van der Waals surface area contributed by atoms with E-state index in [1.807, 2.05) is 73.7 Å². The molecule has 0 spiro atoms. The topological polar surface area (TPSA) is 35.5 Å². The average molecular weight is 431 g/mol. The molecule has 0 heterocycles. The van der Waals surface area contributed by atoms with Crippen molar-refractivity contribution in [1.29, 1.82) is 0 Å². The van der Waals surface area contributed by atoms with Crippen LogP contribution in [0, 0.1) is 0 Å². The molecule has 32 heavy (non-hydrogen) atoms. The zero-order valence-corrected chi connectivity index (χ0v) is 19.3. The van der Waals surface area contributed by atoms with Crippen molar-refractivity contribution in [2.75, 3.05) is 6.61 Å². The molecule has 0 saturated carbocycles. The third-order valence-electron chi connectivity index (χ3n) is 5.63. The van der Waals surface area contributed by atoms with E-state index < -0.39 is 0 Å². The summed E-state index contributed by atoms with van der Waals surface area (Å²) in [6.45, 7) is 4.89. The molecule has 0 saturated heterocycles. The van der Waals surface area contributed by atoms with Gasteiger partial charge in [-0.2, -0.15) is 0 Å². The van der Waals surface area contributed by atoms with Gasteiger partial charge in [0.15, 0.2) is 0 Å². The van der Waals surface area contributed by atoms with Crippen LogP contribution in [0.5, 0.6) is 5.75 Å². The molecule has 0 amide bonds. The highest BCUT2D eigenvalue weighted by molar-refractivity contribution is 5.90. The number of carbonyl (C=O) groups excluding carboxylic acids is 1. The van der Waals surface area contributed by atoms with Crippen molar-refractivity contribution in [3.05, 3.63) is 90.0 Å². The molecule has 168 valence electrons. The standard InChI is InChI=1S/C29H34O3/c1-3-4-5-6-7-11-22-31-28-20-18-26(19-21-28)25-14-16-27(17-15-25)29(30)32-23(2)24-12-9-8-10-13-24/h8-10,12-21,23H,3-7,11,22H2,1-2H3. The molecule has 0 N–H and O–H groups in total. The van der Waals surface area contributed by atoms with E-state index >= 15 is 0 Å². The van der Waals surface area contributed by atoms with Gasteiger partial charge in [-0.3, -0.25) is 0 Å². The minimum Gasteiger partial charge on any atom is -0.494 e. The molecule has 0 fully saturated rings. The Morgan fingerprint density at radius 2 is 1.34 bits per heavy atom. The monoisotopic (exact) mass is 430 g/mol. The normalized spacial score (nSPS) is 11.7. The van der Waals surface area contributed by atoms with Crippen molar-refractivity contribution in [1.82, 2.24) is 0 Å². The van der Waals surface area contributed by atoms with Crippen molar-refractivity contribution < 1.29 is 14.3 Å². The first-order valence-corrected chi connectivity index (χ1v) is 11.8. The Morgan fingerprint density at radius 3 is 2.00 bits per heavy atom. The summed E-state index contributed by atoms with van der Waals surface area (Å²) >= 11 is 0. The predicted octanol–water partition coefficient (Wildman–Crippen LogP) is 8.01. The van der Waals surface area contributed by atoms with E-state index in [-0.39, 0.29) is 12.1 Å². The van der Waals surface area contributed by atoms with Crippen LogP contribution in [-0.2, 0) is 4.74 Å². The summed E-state index contributed by atoms with van der Waals surface area (Å²) in [4.78, 5) is 12.5. The third-order valence-corrected chi connectivity index (χ3v) is 5.63. The van der Waals surface area contributed by atoms with Gasteiger partial charge in [-0.15, -0.1) is 0 Å². The van der Waals surface area contributed by atoms with E-state index in [4.69, 9.17) is 9.47 Å². The number of hydrogen-bond acceptors (Lipinski definition) is 3. The van der Waals surface area contributed by atoms with Gasteiger partial charge in [-0.25, -0.2) is 4.79 Å². The van der Waals surface area contributed by atoms with Crippen molar-refractivity contribution in [2.24, 2.45) is 0 Å². The van der Waals surface area contributed by atoms with Gasteiger partial charge < -0.3 is 9.47 Å². The van der Waals surface area contributed by atoms with E-state index in [0.29, 0.717) is 5.56 Å². The smallest absolute Gasteiger partial charge is 0.338 e. The minimum absolute atomic E-state index is 0.285. The summed E-state index contributed by atoms with van der Waals surface area (Å²) < 4.78 is 11.5. The second-order valence-electron chi connectivity index (χ2n) is 8.18. The maximum absolute atomic E-state index is 12.5. The quantitative estimate of drug-likeness (QED) is 0.216. The van der Waals surface area contributed by atoms with Crippen LogP contribution < -0.4 is 4.74 Å². The number of ether oxygens (including phenoxy) is 2. The fourth-order valence-corrected chi connectivity index (χ4v) is 3.64. The Hall–Kier alpha value is -3.07. The fourth-order valence-electron chi connectivity index (χ4n) is 3.64. The highest BCUT2D eigenvalue weighted by Crippen LogP contribution is 2.24. The molecule has 3 heteroatoms. The molecule has 0 aromatic heterocycles. The van der Waals surface area contributed by atoms with E-state index in [0.717, 1.165) is 35.5 Å². The molecule has 1 atom stereocenters. The van der Waals surface area contributed by atoms with Crippen molar-refractivity contribution in [2.45, 2.75) is 58.5 Å². The fraction of sp³-hybridized carbons (Fsp3) is 0.345. The molecule has 0 aliphatic carbocycles. The molecular formula is C29H34O3. The highest BCUT2D eigenvalue weighted by atomic mass is 16.5. The van der Waals surface area contributed by atoms with Crippen LogP contribution in [0.1, 0.15) is 74.4 Å². The van der Waals surface area contributed by atoms with Crippen molar-refractivity contribution in [3.8, 4) is 16.9 Å². The first-order chi connectivity index (χ1) is 15.7. The molecule has 3 aromatic carbocycles. The van der Waals surface area contributed by atoms with Gasteiger partial charge in [0.1, 0.15) is 11.9 Å². The van der Waals surface area contributed by atoms with Gasteiger partial charge in [-0.1, -0.05) is 93.6 Å². The number of esters is 1. The maximum atomic E-state index is 12.5. The van der Waals surface area contributed by atoms with Gasteiger partial charge in [0.05, 0.1) is 12.2 Å². The minimum atomic E-state index is -0.314. The largest absolute Gasteiger partial charge is 0.494 e. The Balaban J connectivity index is 1.48. The Bertz CT molecular complexity index is 930. The molecule has 3 nitrogen and oxygen atoms in total. The number of hydrogen-bond donors (Lipinski definition) is 0. The molecular weight excluding hydrogens is 396 g/mol. The lowest BCUT2D eigenvalue weighted by Crippen LogP contribution is -2.09. The van der Waals surface area contributed by atoms with E-state index in [1.165, 1.54) is 32.1 Å². The van der Waals surface area contributed by atoms with Crippen LogP contribution in [-0.4, -0.2) is 12.6 Å². The summed E-state index contributed by atoms with van der Waals surface area (Å²) in [6.07, 6.45) is 7.29. The Labute approximate surface area is 192 Å². The number of unbranched alkanes of at least 4 members (excludes halogenated alkanes) is 5. The van der Waals surface area contributed by atoms with Crippen LogP contribution in [0.25, 0.3) is 11.1 Å². The molecule has 0 bridgehead atoms. The first-order valence-electron chi connectivity index (χ1n) is 11.8. The molecule has 3 rings (SSSR count). The third kappa shape index (κ3) is 7.26. The predicted molar refractivity (Wildman–Crippen MR) is 131 cm³/mol.